The quantitative estimate of drug-likeness (QED) is 0.708. The van der Waals surface area contributed by atoms with E-state index in [1.54, 1.807) is 0 Å². The summed E-state index contributed by atoms with van der Waals surface area (Å²) >= 11 is 3.54. The van der Waals surface area contributed by atoms with Gasteiger partial charge in [-0.15, -0.1) is 0 Å². The molecule has 1 heterocycles. The van der Waals surface area contributed by atoms with Gasteiger partial charge in [0.1, 0.15) is 0 Å². The van der Waals surface area contributed by atoms with Crippen molar-refractivity contribution in [2.45, 2.75) is 26.1 Å². The lowest BCUT2D eigenvalue weighted by atomic mass is 10.0. The van der Waals surface area contributed by atoms with Crippen LogP contribution in [0.3, 0.4) is 0 Å². The lowest BCUT2D eigenvalue weighted by molar-refractivity contribution is 1.22. The van der Waals surface area contributed by atoms with E-state index in [0.29, 0.717) is 0 Å². The highest BCUT2D eigenvalue weighted by atomic mass is 79.9. The topological polar surface area (TPSA) is 12.9 Å². The average molecular weight is 264 g/mol. The Labute approximate surface area is 98.7 Å². The third kappa shape index (κ3) is 1.91. The summed E-state index contributed by atoms with van der Waals surface area (Å²) < 4.78 is 0. The zero-order chi connectivity index (χ0) is 11.0. The maximum atomic E-state index is 4.59. The molecule has 0 amide bonds. The summed E-state index contributed by atoms with van der Waals surface area (Å²) in [6.45, 7) is 6.31. The number of rotatable bonds is 1. The van der Waals surface area contributed by atoms with Gasteiger partial charge < -0.3 is 0 Å². The van der Waals surface area contributed by atoms with Crippen LogP contribution in [0.25, 0.3) is 10.9 Å². The minimum absolute atomic E-state index is 0.886. The standard InChI is InChI=1S/C13H14BrN/c1-8-4-9(2)13-11(7-14)6-10(3)15-12(13)5-8/h4-6H,7H2,1-3H3. The molecule has 0 radical (unpaired) electrons. The smallest absolute Gasteiger partial charge is 0.0713 e. The second-order valence-electron chi connectivity index (χ2n) is 4.03. The first kappa shape index (κ1) is 10.6. The second-order valence-corrected chi connectivity index (χ2v) is 4.59. The van der Waals surface area contributed by atoms with E-state index in [2.05, 4.69) is 53.0 Å². The number of nitrogens with zero attached hydrogens (tertiary/aromatic N) is 1. The molecule has 15 heavy (non-hydrogen) atoms. The van der Waals surface area contributed by atoms with Crippen LogP contribution < -0.4 is 0 Å². The van der Waals surface area contributed by atoms with E-state index in [1.165, 1.54) is 22.1 Å². The minimum atomic E-state index is 0.886. The minimum Gasteiger partial charge on any atom is -0.253 e. The lowest BCUT2D eigenvalue weighted by Gasteiger charge is -2.09. The molecule has 1 nitrogen and oxygen atoms in total. The predicted molar refractivity (Wildman–Crippen MR) is 68.6 cm³/mol. The SMILES string of the molecule is Cc1cc(C)c2c(CBr)cc(C)nc2c1. The van der Waals surface area contributed by atoms with Gasteiger partial charge >= 0.3 is 0 Å². The van der Waals surface area contributed by atoms with Gasteiger partial charge in [-0.1, -0.05) is 22.0 Å². The van der Waals surface area contributed by atoms with E-state index in [-0.39, 0.29) is 0 Å². The maximum absolute atomic E-state index is 4.59. The molecule has 0 aliphatic heterocycles. The van der Waals surface area contributed by atoms with Crippen molar-refractivity contribution in [3.63, 3.8) is 0 Å². The molecule has 0 aliphatic carbocycles. The van der Waals surface area contributed by atoms with Crippen molar-refractivity contribution in [3.05, 3.63) is 40.6 Å². The largest absolute Gasteiger partial charge is 0.253 e. The van der Waals surface area contributed by atoms with E-state index in [4.69, 9.17) is 0 Å². The van der Waals surface area contributed by atoms with Gasteiger partial charge in [-0.2, -0.15) is 0 Å². The van der Waals surface area contributed by atoms with Crippen LogP contribution in [0.15, 0.2) is 18.2 Å². The zero-order valence-electron chi connectivity index (χ0n) is 9.26. The molecule has 0 saturated carbocycles. The number of hydrogen-bond acceptors (Lipinski definition) is 1. The van der Waals surface area contributed by atoms with E-state index in [1.807, 2.05) is 6.92 Å². The van der Waals surface area contributed by atoms with Crippen LogP contribution in [0.4, 0.5) is 0 Å². The Morgan fingerprint density at radius 2 is 1.87 bits per heavy atom. The maximum Gasteiger partial charge on any atom is 0.0713 e. The number of alkyl halides is 1. The molecular weight excluding hydrogens is 250 g/mol. The van der Waals surface area contributed by atoms with Crippen molar-refractivity contribution in [1.29, 1.82) is 0 Å². The number of aromatic nitrogens is 1. The fourth-order valence-corrected chi connectivity index (χ4v) is 2.55. The van der Waals surface area contributed by atoms with Gasteiger partial charge in [0.05, 0.1) is 5.52 Å². The van der Waals surface area contributed by atoms with Crippen LogP contribution in [0.2, 0.25) is 0 Å². The molecular formula is C13H14BrN. The fraction of sp³-hybridized carbons (Fsp3) is 0.308. The number of benzene rings is 1. The summed E-state index contributed by atoms with van der Waals surface area (Å²) in [4.78, 5) is 4.59. The van der Waals surface area contributed by atoms with Gasteiger partial charge in [0.15, 0.2) is 0 Å². The number of hydrogen-bond donors (Lipinski definition) is 0. The molecule has 78 valence electrons. The van der Waals surface area contributed by atoms with Gasteiger partial charge in [0.2, 0.25) is 0 Å². The summed E-state index contributed by atoms with van der Waals surface area (Å²) in [5.41, 5.74) is 6.12. The molecule has 1 aromatic carbocycles. The summed E-state index contributed by atoms with van der Waals surface area (Å²) in [7, 11) is 0. The Morgan fingerprint density at radius 1 is 1.13 bits per heavy atom. The third-order valence-corrected chi connectivity index (χ3v) is 3.21. The number of aryl methyl sites for hydroxylation is 3. The summed E-state index contributed by atoms with van der Waals surface area (Å²) in [6, 6.07) is 6.52. The van der Waals surface area contributed by atoms with Crippen molar-refractivity contribution in [2.75, 3.05) is 0 Å². The Balaban J connectivity index is 2.90. The average Bonchev–Trinajstić information content (AvgIpc) is 2.14. The Kier molecular flexibility index (Phi) is 2.79. The first-order chi connectivity index (χ1) is 7.11. The van der Waals surface area contributed by atoms with Crippen LogP contribution in [0.5, 0.6) is 0 Å². The lowest BCUT2D eigenvalue weighted by Crippen LogP contribution is -1.93. The molecule has 0 fully saturated rings. The van der Waals surface area contributed by atoms with E-state index in [0.717, 1.165) is 16.5 Å². The molecule has 2 rings (SSSR count). The van der Waals surface area contributed by atoms with Crippen molar-refractivity contribution >= 4 is 26.8 Å². The number of pyridine rings is 1. The highest BCUT2D eigenvalue weighted by molar-refractivity contribution is 9.08. The molecule has 0 atom stereocenters. The van der Waals surface area contributed by atoms with E-state index in [9.17, 15) is 0 Å². The molecule has 1 aromatic heterocycles. The predicted octanol–water partition coefficient (Wildman–Crippen LogP) is 4.05. The molecule has 0 unspecified atom stereocenters. The van der Waals surface area contributed by atoms with E-state index < -0.39 is 0 Å². The van der Waals surface area contributed by atoms with Gasteiger partial charge in [-0.05, 0) is 49.6 Å². The van der Waals surface area contributed by atoms with Crippen molar-refractivity contribution in [3.8, 4) is 0 Å². The third-order valence-electron chi connectivity index (χ3n) is 2.60. The van der Waals surface area contributed by atoms with Gasteiger partial charge in [-0.25, -0.2) is 0 Å². The Hall–Kier alpha value is -0.890. The van der Waals surface area contributed by atoms with Crippen molar-refractivity contribution < 1.29 is 0 Å². The molecule has 0 N–H and O–H groups in total. The molecule has 2 aromatic rings. The van der Waals surface area contributed by atoms with Crippen molar-refractivity contribution in [1.82, 2.24) is 4.98 Å². The van der Waals surface area contributed by atoms with Gasteiger partial charge in [-0.3, -0.25) is 4.98 Å². The molecule has 0 saturated heterocycles. The molecule has 0 spiro atoms. The van der Waals surface area contributed by atoms with Gasteiger partial charge in [0.25, 0.3) is 0 Å². The van der Waals surface area contributed by atoms with Crippen LogP contribution in [-0.2, 0) is 5.33 Å². The summed E-state index contributed by atoms with van der Waals surface area (Å²) in [5.74, 6) is 0. The highest BCUT2D eigenvalue weighted by Crippen LogP contribution is 2.25. The number of fused-ring (bicyclic) bond motifs is 1. The van der Waals surface area contributed by atoms with Crippen LogP contribution >= 0.6 is 15.9 Å². The molecule has 0 bridgehead atoms. The van der Waals surface area contributed by atoms with E-state index >= 15 is 0 Å². The fourth-order valence-electron chi connectivity index (χ4n) is 2.10. The van der Waals surface area contributed by atoms with Crippen LogP contribution in [0.1, 0.15) is 22.4 Å². The van der Waals surface area contributed by atoms with Gasteiger partial charge in [0, 0.05) is 16.4 Å². The zero-order valence-corrected chi connectivity index (χ0v) is 10.9. The monoisotopic (exact) mass is 263 g/mol. The van der Waals surface area contributed by atoms with Crippen LogP contribution in [-0.4, -0.2) is 4.98 Å². The van der Waals surface area contributed by atoms with Crippen molar-refractivity contribution in [2.24, 2.45) is 0 Å². The molecule has 0 aliphatic rings. The first-order valence-corrected chi connectivity index (χ1v) is 6.17. The number of halogens is 1. The second kappa shape index (κ2) is 3.93. The Morgan fingerprint density at radius 3 is 2.53 bits per heavy atom. The normalized spacial score (nSPS) is 10.9. The molecule has 2 heteroatoms. The summed E-state index contributed by atoms with van der Waals surface area (Å²) in [5, 5.41) is 2.18. The Bertz CT molecular complexity index is 512. The summed E-state index contributed by atoms with van der Waals surface area (Å²) in [6.07, 6.45) is 0. The van der Waals surface area contributed by atoms with Crippen LogP contribution in [0, 0.1) is 20.8 Å². The first-order valence-electron chi connectivity index (χ1n) is 5.05. The highest BCUT2D eigenvalue weighted by Gasteiger charge is 2.06.